The molecule has 1 aromatic rings. The number of rotatable bonds is 5. The van der Waals surface area contributed by atoms with Crippen molar-refractivity contribution in [1.82, 2.24) is 0 Å². The third kappa shape index (κ3) is 3.47. The van der Waals surface area contributed by atoms with Gasteiger partial charge >= 0.3 is 5.69 Å². The van der Waals surface area contributed by atoms with Crippen LogP contribution in [0.5, 0.6) is 0 Å². The Kier molecular flexibility index (Phi) is 4.36. The molecule has 0 bridgehead atoms. The van der Waals surface area contributed by atoms with Crippen molar-refractivity contribution in [2.45, 2.75) is 13.0 Å². The van der Waals surface area contributed by atoms with Gasteiger partial charge in [0.05, 0.1) is 11.2 Å². The molecule has 0 aliphatic carbocycles. The summed E-state index contributed by atoms with van der Waals surface area (Å²) in [6.07, 6.45) is -0.175. The largest absolute Gasteiger partial charge is 0.352 e. The van der Waals surface area contributed by atoms with E-state index in [-0.39, 0.29) is 16.2 Å². The molecular formula is C10H13FNO5S+. The van der Waals surface area contributed by atoms with Gasteiger partial charge in [0, 0.05) is 11.6 Å². The van der Waals surface area contributed by atoms with E-state index in [4.69, 9.17) is 0 Å². The highest BCUT2D eigenvalue weighted by molar-refractivity contribution is 7.86. The maximum absolute atomic E-state index is 13.9. The van der Waals surface area contributed by atoms with Gasteiger partial charge in [-0.3, -0.25) is 4.18 Å². The molecular weight excluding hydrogens is 265 g/mol. The molecule has 0 radical (unpaired) electrons. The summed E-state index contributed by atoms with van der Waals surface area (Å²) in [6.45, 7) is 1.37. The minimum atomic E-state index is -3.72. The molecule has 0 aliphatic rings. The predicted octanol–water partition coefficient (Wildman–Crippen LogP) is 1.83. The van der Waals surface area contributed by atoms with E-state index in [0.29, 0.717) is 0 Å². The average Bonchev–Trinajstić information content (AvgIpc) is 2.26. The lowest BCUT2D eigenvalue weighted by Crippen LogP contribution is -2.10. The quantitative estimate of drug-likeness (QED) is 0.607. The Hall–Kier alpha value is -1.54. The molecule has 0 N–H and O–H groups in total. The molecule has 0 spiro atoms. The highest BCUT2D eigenvalue weighted by atomic mass is 32.2. The molecule has 1 atom stereocenters. The Morgan fingerprint density at radius 2 is 2.00 bits per heavy atom. The van der Waals surface area contributed by atoms with Crippen LogP contribution in [0.3, 0.4) is 0 Å². The van der Waals surface area contributed by atoms with Crippen molar-refractivity contribution >= 4 is 15.8 Å². The topological polar surface area (TPSA) is 72.7 Å². The number of halogens is 1. The van der Waals surface area contributed by atoms with E-state index in [1.807, 2.05) is 0 Å². The van der Waals surface area contributed by atoms with E-state index in [1.165, 1.54) is 25.1 Å². The third-order valence-corrected chi connectivity index (χ3v) is 2.77. The fourth-order valence-corrected chi connectivity index (χ4v) is 2.03. The second-order valence-electron chi connectivity index (χ2n) is 3.56. The summed E-state index contributed by atoms with van der Waals surface area (Å²) in [6, 6.07) is 3.94. The van der Waals surface area contributed by atoms with Crippen LogP contribution in [0.25, 0.3) is 0 Å². The Bertz CT molecular complexity index is 557. The molecule has 18 heavy (non-hydrogen) atoms. The minimum Gasteiger partial charge on any atom is -0.262 e. The van der Waals surface area contributed by atoms with Crippen molar-refractivity contribution in [3.05, 3.63) is 34.5 Å². The van der Waals surface area contributed by atoms with Crippen LogP contribution in [0.2, 0.25) is 0 Å². The van der Waals surface area contributed by atoms with Gasteiger partial charge in [0.15, 0.2) is 7.11 Å². The van der Waals surface area contributed by atoms with Gasteiger partial charge in [0.25, 0.3) is 15.0 Å². The Morgan fingerprint density at radius 1 is 1.39 bits per heavy atom. The van der Waals surface area contributed by atoms with E-state index in [9.17, 15) is 17.7 Å². The Morgan fingerprint density at radius 3 is 2.50 bits per heavy atom. The van der Waals surface area contributed by atoms with Crippen LogP contribution in [0.4, 0.5) is 10.1 Å². The fraction of sp³-hybridized carbons (Fsp3) is 0.400. The normalized spacial score (nSPS) is 13.1. The number of nitrogens with zero attached hydrogens (tertiary/aromatic N) is 1. The molecule has 0 aliphatic heterocycles. The summed E-state index contributed by atoms with van der Waals surface area (Å²) in [4.78, 5) is 15.5. The van der Waals surface area contributed by atoms with Gasteiger partial charge in [-0.25, -0.2) is 4.84 Å². The predicted molar refractivity (Wildman–Crippen MR) is 61.0 cm³/mol. The zero-order valence-corrected chi connectivity index (χ0v) is 10.9. The molecule has 0 aromatic heterocycles. The molecule has 0 saturated carbocycles. The zero-order valence-electron chi connectivity index (χ0n) is 10.1. The maximum Gasteiger partial charge on any atom is 0.352 e. The maximum atomic E-state index is 13.9. The smallest absolute Gasteiger partial charge is 0.262 e. The first-order valence-corrected chi connectivity index (χ1v) is 6.76. The summed E-state index contributed by atoms with van der Waals surface area (Å²) < 4.78 is 40.5. The van der Waals surface area contributed by atoms with E-state index < -0.39 is 22.0 Å². The SMILES string of the molecule is CO[N+](=O)c1cccc(C(C)OS(C)(=O)=O)c1F. The van der Waals surface area contributed by atoms with Gasteiger partial charge < -0.3 is 0 Å². The number of benzene rings is 1. The third-order valence-electron chi connectivity index (χ3n) is 2.13. The fourth-order valence-electron chi connectivity index (χ4n) is 1.40. The van der Waals surface area contributed by atoms with Crippen LogP contribution in [-0.2, 0) is 19.1 Å². The summed E-state index contributed by atoms with van der Waals surface area (Å²) in [5, 5.41) is 0. The van der Waals surface area contributed by atoms with E-state index in [1.54, 1.807) is 0 Å². The summed E-state index contributed by atoms with van der Waals surface area (Å²) in [7, 11) is -2.62. The highest BCUT2D eigenvalue weighted by Gasteiger charge is 2.27. The lowest BCUT2D eigenvalue weighted by molar-refractivity contribution is -0.737. The van der Waals surface area contributed by atoms with E-state index in [2.05, 4.69) is 9.02 Å². The molecule has 0 amide bonds. The molecule has 1 unspecified atom stereocenters. The van der Waals surface area contributed by atoms with Crippen LogP contribution in [0, 0.1) is 10.7 Å². The van der Waals surface area contributed by atoms with Crippen LogP contribution in [0.1, 0.15) is 18.6 Å². The molecule has 8 heteroatoms. The van der Waals surface area contributed by atoms with Gasteiger partial charge in [-0.15, -0.1) is 0 Å². The first-order chi connectivity index (χ1) is 8.26. The minimum absolute atomic E-state index is 0.00794. The van der Waals surface area contributed by atoms with Crippen LogP contribution < -0.4 is 0 Å². The van der Waals surface area contributed by atoms with Gasteiger partial charge in [-0.1, -0.05) is 12.1 Å². The van der Waals surface area contributed by atoms with E-state index >= 15 is 0 Å². The van der Waals surface area contributed by atoms with Crippen LogP contribution in [0.15, 0.2) is 18.2 Å². The van der Waals surface area contributed by atoms with Crippen LogP contribution >= 0.6 is 0 Å². The van der Waals surface area contributed by atoms with Crippen molar-refractivity contribution in [3.8, 4) is 0 Å². The van der Waals surface area contributed by atoms with Crippen molar-refractivity contribution in [1.29, 1.82) is 0 Å². The molecule has 0 heterocycles. The molecule has 0 saturated heterocycles. The average molecular weight is 278 g/mol. The Labute approximate surface area is 104 Å². The second kappa shape index (κ2) is 5.40. The summed E-state index contributed by atoms with van der Waals surface area (Å²) in [5.41, 5.74) is -0.394. The molecule has 6 nitrogen and oxygen atoms in total. The molecule has 1 rings (SSSR count). The van der Waals surface area contributed by atoms with Gasteiger partial charge in [0.2, 0.25) is 5.82 Å². The Balaban J connectivity index is 3.15. The molecule has 0 fully saturated rings. The summed E-state index contributed by atoms with van der Waals surface area (Å²) >= 11 is 0. The first kappa shape index (κ1) is 14.5. The first-order valence-electron chi connectivity index (χ1n) is 4.94. The van der Waals surface area contributed by atoms with E-state index in [0.717, 1.165) is 13.4 Å². The monoisotopic (exact) mass is 278 g/mol. The van der Waals surface area contributed by atoms with Gasteiger partial charge in [-0.05, 0) is 6.92 Å². The highest BCUT2D eigenvalue weighted by Crippen LogP contribution is 2.27. The molecule has 1 aromatic carbocycles. The number of hydrogen-bond acceptors (Lipinski definition) is 5. The number of hydrogen-bond donors (Lipinski definition) is 0. The zero-order chi connectivity index (χ0) is 13.9. The lowest BCUT2D eigenvalue weighted by atomic mass is 10.1. The molecule has 100 valence electrons. The van der Waals surface area contributed by atoms with Gasteiger partial charge in [-0.2, -0.15) is 12.8 Å². The van der Waals surface area contributed by atoms with Gasteiger partial charge in [0.1, 0.15) is 6.10 Å². The van der Waals surface area contributed by atoms with Crippen molar-refractivity contribution in [2.24, 2.45) is 0 Å². The second-order valence-corrected chi connectivity index (χ2v) is 5.16. The standard InChI is InChI=1S/C10H13FNO5S/c1-7(17-18(3,14)15)8-5-4-6-9(10(8)11)12(13)16-2/h4-7H,1-3H3/q+1. The van der Waals surface area contributed by atoms with Crippen molar-refractivity contribution in [2.75, 3.05) is 13.4 Å². The summed E-state index contributed by atoms with van der Waals surface area (Å²) in [5.74, 6) is -0.884. The van der Waals surface area contributed by atoms with Crippen molar-refractivity contribution < 1.29 is 26.8 Å². The van der Waals surface area contributed by atoms with Crippen LogP contribution in [-0.4, -0.2) is 26.7 Å². The van der Waals surface area contributed by atoms with Crippen molar-refractivity contribution in [3.63, 3.8) is 0 Å². The lowest BCUT2D eigenvalue weighted by Gasteiger charge is -2.11.